The molecule has 0 fully saturated rings. The van der Waals surface area contributed by atoms with E-state index in [1.54, 1.807) is 0 Å². The van der Waals surface area contributed by atoms with Crippen molar-refractivity contribution in [3.63, 3.8) is 0 Å². The van der Waals surface area contributed by atoms with Crippen molar-refractivity contribution in [2.24, 2.45) is 5.41 Å². The smallest absolute Gasteiger partial charge is 0.410 e. The summed E-state index contributed by atoms with van der Waals surface area (Å²) in [5.74, 6) is -1.54. The Balaban J connectivity index is 2.47. The molecule has 0 amide bonds. The lowest BCUT2D eigenvalue weighted by Crippen LogP contribution is -2.44. The van der Waals surface area contributed by atoms with Crippen molar-refractivity contribution >= 4 is 11.8 Å². The van der Waals surface area contributed by atoms with Crippen LogP contribution in [0.2, 0.25) is 0 Å². The molecular formula is C12H15F3N3O2-. The summed E-state index contributed by atoms with van der Waals surface area (Å²) in [6, 6.07) is -1.20. The summed E-state index contributed by atoms with van der Waals surface area (Å²) in [5.41, 5.74) is -0.906. The SMILES string of the molecule is CC(C)(C)[C@H]1C[C@H](C(F)(F)F)n2nc(C(=O)[O-])cc2N1. The van der Waals surface area contributed by atoms with Gasteiger partial charge in [-0.25, -0.2) is 4.68 Å². The van der Waals surface area contributed by atoms with Crippen LogP contribution in [0.3, 0.4) is 0 Å². The number of carbonyl (C=O) groups is 1. The monoisotopic (exact) mass is 290 g/mol. The molecule has 2 heterocycles. The molecule has 0 spiro atoms. The van der Waals surface area contributed by atoms with Crippen molar-refractivity contribution in [1.82, 2.24) is 9.78 Å². The molecule has 8 heteroatoms. The van der Waals surface area contributed by atoms with Gasteiger partial charge in [-0.15, -0.1) is 0 Å². The van der Waals surface area contributed by atoms with Crippen molar-refractivity contribution < 1.29 is 23.1 Å². The quantitative estimate of drug-likeness (QED) is 0.852. The van der Waals surface area contributed by atoms with E-state index < -0.39 is 35.3 Å². The van der Waals surface area contributed by atoms with E-state index in [-0.39, 0.29) is 12.2 Å². The molecule has 0 radical (unpaired) electrons. The Bertz CT molecular complexity index is 531. The Morgan fingerprint density at radius 2 is 2.05 bits per heavy atom. The third-order valence-corrected chi connectivity index (χ3v) is 3.44. The second kappa shape index (κ2) is 4.39. The van der Waals surface area contributed by atoms with E-state index in [1.807, 2.05) is 20.8 Å². The topological polar surface area (TPSA) is 70.0 Å². The van der Waals surface area contributed by atoms with Gasteiger partial charge < -0.3 is 15.2 Å². The first-order valence-corrected chi connectivity index (χ1v) is 6.14. The molecule has 112 valence electrons. The molecule has 5 nitrogen and oxygen atoms in total. The predicted octanol–water partition coefficient (Wildman–Crippen LogP) is 1.58. The number of aromatic nitrogens is 2. The molecule has 0 aromatic carbocycles. The molecule has 0 saturated heterocycles. The van der Waals surface area contributed by atoms with Crippen molar-refractivity contribution in [2.45, 2.75) is 45.5 Å². The number of carboxylic acids is 1. The lowest BCUT2D eigenvalue weighted by molar-refractivity contribution is -0.255. The highest BCUT2D eigenvalue weighted by atomic mass is 19.4. The van der Waals surface area contributed by atoms with Gasteiger partial charge in [0.25, 0.3) is 0 Å². The number of halogens is 3. The number of alkyl halides is 3. The van der Waals surface area contributed by atoms with Crippen molar-refractivity contribution in [1.29, 1.82) is 0 Å². The van der Waals surface area contributed by atoms with Crippen LogP contribution in [0.4, 0.5) is 19.0 Å². The fourth-order valence-corrected chi connectivity index (χ4v) is 2.24. The highest BCUT2D eigenvalue weighted by Crippen LogP contribution is 2.42. The van der Waals surface area contributed by atoms with Crippen LogP contribution < -0.4 is 10.4 Å². The minimum absolute atomic E-state index is 0.0534. The lowest BCUT2D eigenvalue weighted by Gasteiger charge is -2.39. The zero-order chi connectivity index (χ0) is 15.3. The van der Waals surface area contributed by atoms with Crippen molar-refractivity contribution in [2.75, 3.05) is 5.32 Å². The van der Waals surface area contributed by atoms with Gasteiger partial charge in [-0.2, -0.15) is 18.3 Å². The zero-order valence-corrected chi connectivity index (χ0v) is 11.3. The van der Waals surface area contributed by atoms with Gasteiger partial charge in [0.1, 0.15) is 11.5 Å². The minimum Gasteiger partial charge on any atom is -0.543 e. The summed E-state index contributed by atoms with van der Waals surface area (Å²) in [6.45, 7) is 5.47. The highest BCUT2D eigenvalue weighted by molar-refractivity contribution is 5.84. The van der Waals surface area contributed by atoms with Gasteiger partial charge in [0.2, 0.25) is 0 Å². The van der Waals surface area contributed by atoms with Crippen molar-refractivity contribution in [3.05, 3.63) is 11.8 Å². The second-order valence-corrected chi connectivity index (χ2v) is 6.00. The first kappa shape index (κ1) is 14.7. The molecule has 1 aliphatic heterocycles. The average molecular weight is 290 g/mol. The summed E-state index contributed by atoms with van der Waals surface area (Å²) in [6.07, 6.45) is -4.69. The maximum Gasteiger partial charge on any atom is 0.410 e. The molecule has 1 aliphatic rings. The van der Waals surface area contributed by atoms with E-state index in [2.05, 4.69) is 10.4 Å². The standard InChI is InChI=1S/C12H16F3N3O2/c1-11(2,3)7-5-8(12(13,14)15)18-9(16-7)4-6(17-18)10(19)20/h4,7-8,16H,5H2,1-3H3,(H,19,20)/p-1/t7-,8-/m1/s1. The second-order valence-electron chi connectivity index (χ2n) is 6.00. The lowest BCUT2D eigenvalue weighted by atomic mass is 9.82. The maximum absolute atomic E-state index is 13.1. The predicted molar refractivity (Wildman–Crippen MR) is 63.1 cm³/mol. The Morgan fingerprint density at radius 1 is 1.45 bits per heavy atom. The van der Waals surface area contributed by atoms with Gasteiger partial charge in [0, 0.05) is 12.1 Å². The van der Waals surface area contributed by atoms with Gasteiger partial charge in [-0.05, 0) is 11.8 Å². The number of carboxylic acid groups (broad SMARTS) is 1. The number of hydrogen-bond acceptors (Lipinski definition) is 4. The molecule has 1 aromatic heterocycles. The van der Waals surface area contributed by atoms with E-state index >= 15 is 0 Å². The van der Waals surface area contributed by atoms with E-state index in [0.717, 1.165) is 6.07 Å². The van der Waals surface area contributed by atoms with E-state index in [4.69, 9.17) is 0 Å². The summed E-state index contributed by atoms with van der Waals surface area (Å²) in [5, 5.41) is 17.2. The maximum atomic E-state index is 13.1. The third kappa shape index (κ3) is 2.59. The number of anilines is 1. The average Bonchev–Trinajstić information content (AvgIpc) is 2.68. The molecule has 1 aromatic rings. The number of nitrogens with one attached hydrogen (secondary N) is 1. The van der Waals surface area contributed by atoms with Crippen LogP contribution in [-0.4, -0.2) is 28.0 Å². The zero-order valence-electron chi connectivity index (χ0n) is 11.3. The highest BCUT2D eigenvalue weighted by Gasteiger charge is 2.48. The summed E-state index contributed by atoms with van der Waals surface area (Å²) < 4.78 is 40.1. The van der Waals surface area contributed by atoms with Crippen LogP contribution in [0.25, 0.3) is 0 Å². The van der Waals surface area contributed by atoms with Crippen LogP contribution in [0.15, 0.2) is 6.07 Å². The Labute approximate surface area is 113 Å². The van der Waals surface area contributed by atoms with Crippen LogP contribution in [-0.2, 0) is 0 Å². The van der Waals surface area contributed by atoms with Gasteiger partial charge >= 0.3 is 6.18 Å². The molecule has 1 N–H and O–H groups in total. The molecule has 0 unspecified atom stereocenters. The van der Waals surface area contributed by atoms with Crippen molar-refractivity contribution in [3.8, 4) is 0 Å². The minimum atomic E-state index is -4.49. The Morgan fingerprint density at radius 3 is 2.50 bits per heavy atom. The van der Waals surface area contributed by atoms with Crippen LogP contribution >= 0.6 is 0 Å². The molecule has 0 bridgehead atoms. The fraction of sp³-hybridized carbons (Fsp3) is 0.667. The number of aromatic carboxylic acids is 1. The molecule has 0 aliphatic carbocycles. The van der Waals surface area contributed by atoms with Crippen LogP contribution in [0, 0.1) is 5.41 Å². The van der Waals surface area contributed by atoms with E-state index in [1.165, 1.54) is 0 Å². The van der Waals surface area contributed by atoms with Crippen LogP contribution in [0.5, 0.6) is 0 Å². The summed E-state index contributed by atoms with van der Waals surface area (Å²) >= 11 is 0. The van der Waals surface area contributed by atoms with Gasteiger partial charge in [-0.1, -0.05) is 20.8 Å². The number of carbonyl (C=O) groups excluding carboxylic acids is 1. The Kier molecular flexibility index (Phi) is 3.22. The first-order valence-electron chi connectivity index (χ1n) is 6.14. The number of fused-ring (bicyclic) bond motifs is 1. The summed E-state index contributed by atoms with van der Waals surface area (Å²) in [7, 11) is 0. The number of rotatable bonds is 1. The van der Waals surface area contributed by atoms with E-state index in [0.29, 0.717) is 4.68 Å². The molecule has 2 atom stereocenters. The van der Waals surface area contributed by atoms with Gasteiger partial charge in [0.05, 0.1) is 5.97 Å². The normalized spacial score (nSPS) is 23.1. The summed E-state index contributed by atoms with van der Waals surface area (Å²) in [4.78, 5) is 10.8. The fourth-order valence-electron chi connectivity index (χ4n) is 2.24. The largest absolute Gasteiger partial charge is 0.543 e. The first-order chi connectivity index (χ1) is 9.00. The van der Waals surface area contributed by atoms with E-state index in [9.17, 15) is 23.1 Å². The third-order valence-electron chi connectivity index (χ3n) is 3.44. The Hall–Kier alpha value is -1.73. The molecular weight excluding hydrogens is 275 g/mol. The molecule has 2 rings (SSSR count). The molecule has 20 heavy (non-hydrogen) atoms. The van der Waals surface area contributed by atoms with Gasteiger partial charge in [0.15, 0.2) is 6.04 Å². The molecule has 0 saturated carbocycles. The van der Waals surface area contributed by atoms with Gasteiger partial charge in [-0.3, -0.25) is 0 Å². The van der Waals surface area contributed by atoms with Crippen LogP contribution in [0.1, 0.15) is 43.7 Å². The number of nitrogens with zero attached hydrogens (tertiary/aromatic N) is 2. The number of hydrogen-bond donors (Lipinski definition) is 1.